The zero-order chi connectivity index (χ0) is 24.5. The molecule has 1 amide bonds. The van der Waals surface area contributed by atoms with Crippen molar-refractivity contribution in [3.8, 4) is 0 Å². The van der Waals surface area contributed by atoms with Crippen molar-refractivity contribution >= 4 is 32.5 Å². The van der Waals surface area contributed by atoms with Crippen LogP contribution in [0.1, 0.15) is 49.1 Å². The van der Waals surface area contributed by atoms with Gasteiger partial charge in [0.2, 0.25) is 5.91 Å². The molecule has 2 saturated carbocycles. The van der Waals surface area contributed by atoms with Gasteiger partial charge in [-0.1, -0.05) is 6.07 Å². The summed E-state index contributed by atoms with van der Waals surface area (Å²) < 4.78 is 55.6. The summed E-state index contributed by atoms with van der Waals surface area (Å²) in [5, 5.41) is -0.216. The minimum Gasteiger partial charge on any atom is -0.326 e. The van der Waals surface area contributed by atoms with Crippen LogP contribution in [0.15, 0.2) is 30.3 Å². The second-order valence-corrected chi connectivity index (χ2v) is 12.3. The fourth-order valence-corrected chi connectivity index (χ4v) is 7.07. The number of hydrogen-bond acceptors (Lipinski definition) is 5. The number of benzene rings is 2. The van der Waals surface area contributed by atoms with E-state index in [0.29, 0.717) is 43.7 Å². The first-order valence-electron chi connectivity index (χ1n) is 11.9. The van der Waals surface area contributed by atoms with E-state index in [1.54, 1.807) is 0 Å². The van der Waals surface area contributed by atoms with E-state index in [0.717, 1.165) is 30.0 Å². The number of aryl methyl sites for hydroxylation is 1. The molecule has 10 heteroatoms. The molecule has 184 valence electrons. The average molecular weight is 501 g/mol. The predicted octanol–water partition coefficient (Wildman–Crippen LogP) is 3.32. The highest BCUT2D eigenvalue weighted by atomic mass is 32.2. The Labute approximate surface area is 201 Å². The third-order valence-corrected chi connectivity index (χ3v) is 9.82. The average Bonchev–Trinajstić information content (AvgIpc) is 3.73. The van der Waals surface area contributed by atoms with Crippen LogP contribution in [0.2, 0.25) is 0 Å². The molecule has 6 rings (SSSR count). The molecule has 0 saturated heterocycles. The van der Waals surface area contributed by atoms with Crippen LogP contribution in [0.4, 0.5) is 14.5 Å². The van der Waals surface area contributed by atoms with Gasteiger partial charge in [-0.05, 0) is 55.9 Å². The SMILES string of the molecule is NCc1ccc2c(c1)nc(CN1C(=O)C3(CC3)c3c(F)cc(F)cc31)n2CCCS(=O)(=O)C1CC1. The van der Waals surface area contributed by atoms with Gasteiger partial charge < -0.3 is 15.2 Å². The highest BCUT2D eigenvalue weighted by molar-refractivity contribution is 7.92. The summed E-state index contributed by atoms with van der Waals surface area (Å²) >= 11 is 0. The van der Waals surface area contributed by atoms with Crippen molar-refractivity contribution in [3.05, 3.63) is 58.9 Å². The van der Waals surface area contributed by atoms with E-state index in [4.69, 9.17) is 10.7 Å². The summed E-state index contributed by atoms with van der Waals surface area (Å²) in [6.45, 7) is 0.784. The highest BCUT2D eigenvalue weighted by Gasteiger charge is 2.60. The number of aromatic nitrogens is 2. The number of sulfone groups is 1. The molecule has 2 N–H and O–H groups in total. The number of hydrogen-bond donors (Lipinski definition) is 1. The fraction of sp³-hybridized carbons (Fsp3) is 0.440. The molecule has 7 nitrogen and oxygen atoms in total. The molecule has 2 aromatic carbocycles. The molecule has 0 radical (unpaired) electrons. The summed E-state index contributed by atoms with van der Waals surface area (Å²) in [5.74, 6) is -1.04. The van der Waals surface area contributed by atoms with Gasteiger partial charge in [-0.3, -0.25) is 4.79 Å². The minimum atomic E-state index is -3.10. The number of amides is 1. The van der Waals surface area contributed by atoms with Crippen LogP contribution in [0, 0.1) is 11.6 Å². The summed E-state index contributed by atoms with van der Waals surface area (Å²) in [4.78, 5) is 19.5. The van der Waals surface area contributed by atoms with Crippen molar-refractivity contribution in [2.75, 3.05) is 10.7 Å². The topological polar surface area (TPSA) is 98.3 Å². The van der Waals surface area contributed by atoms with Gasteiger partial charge in [0.25, 0.3) is 0 Å². The summed E-state index contributed by atoms with van der Waals surface area (Å²) in [6, 6.07) is 7.71. The van der Waals surface area contributed by atoms with E-state index in [2.05, 4.69) is 0 Å². The Bertz CT molecular complexity index is 1480. The third kappa shape index (κ3) is 3.65. The summed E-state index contributed by atoms with van der Waals surface area (Å²) in [7, 11) is -3.10. The number of nitrogens with zero attached hydrogens (tertiary/aromatic N) is 3. The molecule has 2 fully saturated rings. The lowest BCUT2D eigenvalue weighted by Gasteiger charge is -2.19. The van der Waals surface area contributed by atoms with Gasteiger partial charge in [-0.25, -0.2) is 22.2 Å². The molecule has 0 unspecified atom stereocenters. The van der Waals surface area contributed by atoms with Gasteiger partial charge in [0.05, 0.1) is 39.7 Å². The molecular weight excluding hydrogens is 474 g/mol. The van der Waals surface area contributed by atoms with Gasteiger partial charge >= 0.3 is 0 Å². The van der Waals surface area contributed by atoms with Gasteiger partial charge in [0.1, 0.15) is 17.5 Å². The standard InChI is InChI=1S/C25H26F2N4O3S/c26-16-11-18(27)23-21(12-16)31(24(32)25(23)6-7-25)14-22-29-19-10-15(13-28)2-5-20(19)30(22)8-1-9-35(33,34)17-3-4-17/h2,5,10-12,17H,1,3-4,6-9,13-14,28H2. The van der Waals surface area contributed by atoms with Crippen LogP contribution in [0.3, 0.4) is 0 Å². The zero-order valence-corrected chi connectivity index (χ0v) is 20.0. The quantitative estimate of drug-likeness (QED) is 0.512. The van der Waals surface area contributed by atoms with Gasteiger partial charge in [0, 0.05) is 24.7 Å². The second-order valence-electron chi connectivity index (χ2n) is 9.88. The number of carbonyl (C=O) groups excluding carboxylic acids is 1. The van der Waals surface area contributed by atoms with Crippen molar-refractivity contribution in [1.29, 1.82) is 0 Å². The number of fused-ring (bicyclic) bond motifs is 3. The van der Waals surface area contributed by atoms with Crippen LogP contribution >= 0.6 is 0 Å². The van der Waals surface area contributed by atoms with Crippen LogP contribution in [-0.4, -0.2) is 34.9 Å². The Kier molecular flexibility index (Phi) is 5.05. The number of nitrogens with two attached hydrogens (primary N) is 1. The van der Waals surface area contributed by atoms with Gasteiger partial charge in [-0.2, -0.15) is 0 Å². The van der Waals surface area contributed by atoms with Crippen molar-refractivity contribution < 1.29 is 22.0 Å². The van der Waals surface area contributed by atoms with Gasteiger partial charge in [-0.15, -0.1) is 0 Å². The van der Waals surface area contributed by atoms with E-state index < -0.39 is 26.9 Å². The molecule has 1 aromatic heterocycles. The zero-order valence-electron chi connectivity index (χ0n) is 19.1. The Balaban J connectivity index is 1.37. The summed E-state index contributed by atoms with van der Waals surface area (Å²) in [5.41, 5.74) is 7.80. The molecule has 3 aliphatic rings. The number of halogens is 2. The monoisotopic (exact) mass is 500 g/mol. The van der Waals surface area contributed by atoms with E-state index in [-0.39, 0.29) is 34.7 Å². The van der Waals surface area contributed by atoms with Crippen molar-refractivity contribution in [2.24, 2.45) is 5.73 Å². The molecule has 1 spiro atoms. The lowest BCUT2D eigenvalue weighted by Crippen LogP contribution is -2.32. The number of anilines is 1. The van der Waals surface area contributed by atoms with Crippen molar-refractivity contribution in [1.82, 2.24) is 9.55 Å². The van der Waals surface area contributed by atoms with E-state index in [1.165, 1.54) is 11.0 Å². The minimum absolute atomic E-state index is 0.0402. The predicted molar refractivity (Wildman–Crippen MR) is 128 cm³/mol. The molecule has 3 aromatic rings. The van der Waals surface area contributed by atoms with E-state index in [1.807, 2.05) is 22.8 Å². The number of carbonyl (C=O) groups is 1. The first-order chi connectivity index (χ1) is 16.7. The molecule has 1 aliphatic heterocycles. The Morgan fingerprint density at radius 1 is 1.14 bits per heavy atom. The van der Waals surface area contributed by atoms with E-state index in [9.17, 15) is 22.0 Å². The van der Waals surface area contributed by atoms with Crippen LogP contribution in [0.5, 0.6) is 0 Å². The molecule has 2 aliphatic carbocycles. The Hall–Kier alpha value is -2.85. The number of imidazole rings is 1. The third-order valence-electron chi connectivity index (χ3n) is 7.48. The molecule has 35 heavy (non-hydrogen) atoms. The maximum Gasteiger partial charge on any atom is 0.238 e. The Morgan fingerprint density at radius 3 is 2.60 bits per heavy atom. The molecular formula is C25H26F2N4O3S. The van der Waals surface area contributed by atoms with Crippen LogP contribution in [0.25, 0.3) is 11.0 Å². The smallest absolute Gasteiger partial charge is 0.238 e. The molecule has 0 atom stereocenters. The maximum atomic E-state index is 14.7. The Morgan fingerprint density at radius 2 is 1.91 bits per heavy atom. The summed E-state index contributed by atoms with van der Waals surface area (Å²) in [6.07, 6.45) is 2.94. The lowest BCUT2D eigenvalue weighted by molar-refractivity contribution is -0.120. The highest BCUT2D eigenvalue weighted by Crippen LogP contribution is 2.58. The normalized spacial score (nSPS) is 18.6. The largest absolute Gasteiger partial charge is 0.326 e. The van der Waals surface area contributed by atoms with Crippen LogP contribution < -0.4 is 10.6 Å². The lowest BCUT2D eigenvalue weighted by atomic mass is 9.97. The molecule has 0 bridgehead atoms. The fourth-order valence-electron chi connectivity index (χ4n) is 5.35. The van der Waals surface area contributed by atoms with Gasteiger partial charge in [0.15, 0.2) is 9.84 Å². The first-order valence-corrected chi connectivity index (χ1v) is 13.7. The number of rotatable bonds is 8. The van der Waals surface area contributed by atoms with Crippen LogP contribution in [-0.2, 0) is 39.7 Å². The first kappa shape index (κ1) is 22.6. The van der Waals surface area contributed by atoms with E-state index >= 15 is 0 Å². The second kappa shape index (κ2) is 7.83. The van der Waals surface area contributed by atoms with Crippen molar-refractivity contribution in [3.63, 3.8) is 0 Å². The maximum absolute atomic E-state index is 14.7. The van der Waals surface area contributed by atoms with Crippen molar-refractivity contribution in [2.45, 2.75) is 62.4 Å². The molecule has 2 heterocycles.